The van der Waals surface area contributed by atoms with Crippen LogP contribution in [0.2, 0.25) is 0 Å². The van der Waals surface area contributed by atoms with Gasteiger partial charge in [0.05, 0.1) is 12.2 Å². The van der Waals surface area contributed by atoms with Gasteiger partial charge in [-0.05, 0) is 0 Å². The molecule has 1 aromatic heterocycles. The van der Waals surface area contributed by atoms with E-state index in [1.165, 1.54) is 0 Å². The normalized spacial score (nSPS) is 13.1. The second-order valence-corrected chi connectivity index (χ2v) is 2.22. The smallest absolute Gasteiger partial charge is 0.192 e. The Bertz CT molecular complexity index is 332. The molecule has 1 aliphatic heterocycles. The zero-order chi connectivity index (χ0) is 7.68. The highest BCUT2D eigenvalue weighted by atomic mass is 16.1. The van der Waals surface area contributed by atoms with E-state index in [4.69, 9.17) is 0 Å². The lowest BCUT2D eigenvalue weighted by atomic mass is 10.3. The Morgan fingerprint density at radius 1 is 1.55 bits per heavy atom. The maximum atomic E-state index is 10.2. The van der Waals surface area contributed by atoms with Crippen LogP contribution in [-0.2, 0) is 6.54 Å². The van der Waals surface area contributed by atoms with Gasteiger partial charge in [0, 0.05) is 18.0 Å². The van der Waals surface area contributed by atoms with Gasteiger partial charge in [-0.2, -0.15) is 0 Å². The average Bonchev–Trinajstić information content (AvgIpc) is 2.50. The molecule has 0 bridgehead atoms. The lowest BCUT2D eigenvalue weighted by molar-refractivity contribution is 0.111. The van der Waals surface area contributed by atoms with Crippen LogP contribution in [0.5, 0.6) is 0 Å². The third-order valence-electron chi connectivity index (χ3n) is 1.50. The number of carbonyl (C=O) groups excluding carboxylic acids is 1. The van der Waals surface area contributed by atoms with E-state index in [-0.39, 0.29) is 5.82 Å². The highest BCUT2D eigenvalue weighted by molar-refractivity contribution is 5.83. The van der Waals surface area contributed by atoms with Crippen molar-refractivity contribution < 1.29 is 4.79 Å². The number of aliphatic imine (C=N–C) groups is 1. The number of nitrogens with zero attached hydrogens (tertiary/aromatic N) is 3. The molecule has 0 aliphatic carbocycles. The van der Waals surface area contributed by atoms with Crippen LogP contribution in [-0.4, -0.2) is 22.5 Å². The predicted molar refractivity (Wildman–Crippen MR) is 38.7 cm³/mol. The van der Waals surface area contributed by atoms with Crippen molar-refractivity contribution in [2.45, 2.75) is 6.54 Å². The van der Waals surface area contributed by atoms with Crippen LogP contribution in [0.1, 0.15) is 21.9 Å². The SMILES string of the molecule is O=Cc1ncc2c(n1)CN=C2. The third-order valence-corrected chi connectivity index (χ3v) is 1.50. The topological polar surface area (TPSA) is 55.2 Å². The van der Waals surface area contributed by atoms with Crippen molar-refractivity contribution in [3.05, 3.63) is 23.3 Å². The summed E-state index contributed by atoms with van der Waals surface area (Å²) in [5.74, 6) is 0.231. The van der Waals surface area contributed by atoms with Crippen molar-refractivity contribution in [1.82, 2.24) is 9.97 Å². The van der Waals surface area contributed by atoms with E-state index in [0.717, 1.165) is 11.3 Å². The summed E-state index contributed by atoms with van der Waals surface area (Å²) in [6.45, 7) is 0.568. The molecule has 0 radical (unpaired) electrons. The number of rotatable bonds is 1. The first kappa shape index (κ1) is 6.15. The molecule has 0 unspecified atom stereocenters. The van der Waals surface area contributed by atoms with Crippen molar-refractivity contribution in [1.29, 1.82) is 0 Å². The highest BCUT2D eigenvalue weighted by Gasteiger charge is 2.08. The van der Waals surface area contributed by atoms with Gasteiger partial charge in [0.15, 0.2) is 12.1 Å². The van der Waals surface area contributed by atoms with Gasteiger partial charge < -0.3 is 0 Å². The average molecular weight is 147 g/mol. The molecular weight excluding hydrogens is 142 g/mol. The Labute approximate surface area is 63.0 Å². The van der Waals surface area contributed by atoms with Gasteiger partial charge in [-0.15, -0.1) is 0 Å². The van der Waals surface area contributed by atoms with E-state index in [1.54, 1.807) is 12.4 Å². The number of aldehydes is 1. The third kappa shape index (κ3) is 0.920. The van der Waals surface area contributed by atoms with Gasteiger partial charge in [-0.1, -0.05) is 0 Å². The van der Waals surface area contributed by atoms with E-state index >= 15 is 0 Å². The fraction of sp³-hybridized carbons (Fsp3) is 0.143. The minimum absolute atomic E-state index is 0.231. The van der Waals surface area contributed by atoms with E-state index in [2.05, 4.69) is 15.0 Å². The molecule has 0 N–H and O–H groups in total. The van der Waals surface area contributed by atoms with Crippen molar-refractivity contribution in [2.75, 3.05) is 0 Å². The molecule has 54 valence electrons. The molecule has 1 aliphatic rings. The Morgan fingerprint density at radius 2 is 2.45 bits per heavy atom. The molecule has 0 saturated carbocycles. The van der Waals surface area contributed by atoms with Crippen molar-refractivity contribution in [3.63, 3.8) is 0 Å². The van der Waals surface area contributed by atoms with Crippen molar-refractivity contribution in [3.8, 4) is 0 Å². The minimum Gasteiger partial charge on any atom is -0.294 e. The summed E-state index contributed by atoms with van der Waals surface area (Å²) in [7, 11) is 0. The lowest BCUT2D eigenvalue weighted by Gasteiger charge is -1.94. The summed E-state index contributed by atoms with van der Waals surface area (Å²) in [6, 6.07) is 0. The van der Waals surface area contributed by atoms with Crippen LogP contribution in [0.15, 0.2) is 11.2 Å². The first-order chi connectivity index (χ1) is 5.40. The second-order valence-electron chi connectivity index (χ2n) is 2.22. The monoisotopic (exact) mass is 147 g/mol. The van der Waals surface area contributed by atoms with Crippen LogP contribution in [0.4, 0.5) is 0 Å². The fourth-order valence-corrected chi connectivity index (χ4v) is 0.964. The Hall–Kier alpha value is -1.58. The number of hydrogen-bond donors (Lipinski definition) is 0. The molecule has 0 atom stereocenters. The van der Waals surface area contributed by atoms with E-state index < -0.39 is 0 Å². The number of aromatic nitrogens is 2. The van der Waals surface area contributed by atoms with Crippen LogP contribution in [0.25, 0.3) is 0 Å². The highest BCUT2D eigenvalue weighted by Crippen LogP contribution is 2.09. The molecule has 1 aromatic rings. The number of carbonyl (C=O) groups is 1. The second kappa shape index (κ2) is 2.23. The Morgan fingerprint density at radius 3 is 3.27 bits per heavy atom. The summed E-state index contributed by atoms with van der Waals surface area (Å²) in [5.41, 5.74) is 1.75. The minimum atomic E-state index is 0.231. The molecule has 2 heterocycles. The molecule has 2 rings (SSSR count). The van der Waals surface area contributed by atoms with Gasteiger partial charge in [0.25, 0.3) is 0 Å². The van der Waals surface area contributed by atoms with Crippen LogP contribution < -0.4 is 0 Å². The van der Waals surface area contributed by atoms with Gasteiger partial charge in [-0.25, -0.2) is 9.97 Å². The van der Waals surface area contributed by atoms with Crippen molar-refractivity contribution >= 4 is 12.5 Å². The lowest BCUT2D eigenvalue weighted by Crippen LogP contribution is -1.98. The molecule has 0 saturated heterocycles. The molecule has 4 heteroatoms. The molecular formula is C7H5N3O. The first-order valence-corrected chi connectivity index (χ1v) is 3.21. The maximum Gasteiger partial charge on any atom is 0.192 e. The van der Waals surface area contributed by atoms with Crippen LogP contribution in [0, 0.1) is 0 Å². The van der Waals surface area contributed by atoms with Gasteiger partial charge in [0.2, 0.25) is 0 Å². The molecule has 0 aromatic carbocycles. The van der Waals surface area contributed by atoms with Gasteiger partial charge in [0.1, 0.15) is 0 Å². The van der Waals surface area contributed by atoms with E-state index in [1.807, 2.05) is 0 Å². The zero-order valence-electron chi connectivity index (χ0n) is 5.69. The van der Waals surface area contributed by atoms with Crippen LogP contribution >= 0.6 is 0 Å². The largest absolute Gasteiger partial charge is 0.294 e. The Balaban J connectivity index is 2.53. The summed E-state index contributed by atoms with van der Waals surface area (Å²) in [6.07, 6.45) is 3.96. The predicted octanol–water partition coefficient (Wildman–Crippen LogP) is 0.222. The quantitative estimate of drug-likeness (QED) is 0.534. The molecule has 11 heavy (non-hydrogen) atoms. The van der Waals surface area contributed by atoms with Gasteiger partial charge in [-0.3, -0.25) is 9.79 Å². The first-order valence-electron chi connectivity index (χ1n) is 3.21. The molecule has 4 nitrogen and oxygen atoms in total. The van der Waals surface area contributed by atoms with E-state index in [0.29, 0.717) is 12.8 Å². The van der Waals surface area contributed by atoms with Crippen LogP contribution in [0.3, 0.4) is 0 Å². The summed E-state index contributed by atoms with van der Waals surface area (Å²) in [5, 5.41) is 0. The standard InChI is InChI=1S/C7H5N3O/c11-4-7-9-2-5-1-8-3-6(5)10-7/h1-2,4H,3H2. The molecule has 0 amide bonds. The van der Waals surface area contributed by atoms with Gasteiger partial charge >= 0.3 is 0 Å². The summed E-state index contributed by atoms with van der Waals surface area (Å²) in [4.78, 5) is 22.0. The summed E-state index contributed by atoms with van der Waals surface area (Å²) >= 11 is 0. The Kier molecular flexibility index (Phi) is 1.25. The summed E-state index contributed by atoms with van der Waals surface area (Å²) < 4.78 is 0. The molecule has 0 spiro atoms. The fourth-order valence-electron chi connectivity index (χ4n) is 0.964. The van der Waals surface area contributed by atoms with E-state index in [9.17, 15) is 4.79 Å². The zero-order valence-corrected chi connectivity index (χ0v) is 5.69. The molecule has 0 fully saturated rings. The van der Waals surface area contributed by atoms with Crippen molar-refractivity contribution in [2.24, 2.45) is 4.99 Å². The number of hydrogen-bond acceptors (Lipinski definition) is 4. The maximum absolute atomic E-state index is 10.2. The number of fused-ring (bicyclic) bond motifs is 1.